The van der Waals surface area contributed by atoms with E-state index in [0.29, 0.717) is 6.04 Å². The van der Waals surface area contributed by atoms with Gasteiger partial charge in [0.05, 0.1) is 12.6 Å². The summed E-state index contributed by atoms with van der Waals surface area (Å²) < 4.78 is 5.03. The van der Waals surface area contributed by atoms with Gasteiger partial charge in [0.15, 0.2) is 0 Å². The summed E-state index contributed by atoms with van der Waals surface area (Å²) in [5.41, 5.74) is 1.15. The van der Waals surface area contributed by atoms with E-state index in [2.05, 4.69) is 15.2 Å². The van der Waals surface area contributed by atoms with Crippen molar-refractivity contribution in [1.29, 1.82) is 0 Å². The molecule has 2 heterocycles. The Bertz CT molecular complexity index is 286. The van der Waals surface area contributed by atoms with Crippen LogP contribution in [0.15, 0.2) is 24.5 Å². The number of methoxy groups -OCH3 is 1. The molecule has 1 aliphatic heterocycles. The van der Waals surface area contributed by atoms with Crippen molar-refractivity contribution in [2.45, 2.75) is 19.9 Å². The summed E-state index contributed by atoms with van der Waals surface area (Å²) in [6.07, 6.45) is 3.62. The first-order valence-corrected chi connectivity index (χ1v) is 6.26. The van der Waals surface area contributed by atoms with Gasteiger partial charge in [0, 0.05) is 44.8 Å². The molecule has 0 amide bonds. The van der Waals surface area contributed by atoms with Crippen molar-refractivity contribution in [1.82, 2.24) is 9.88 Å². The molecule has 17 heavy (non-hydrogen) atoms. The number of rotatable bonds is 5. The van der Waals surface area contributed by atoms with E-state index in [0.717, 1.165) is 31.9 Å². The van der Waals surface area contributed by atoms with Crippen LogP contribution >= 0.6 is 0 Å². The Labute approximate surface area is 104 Å². The van der Waals surface area contributed by atoms with Gasteiger partial charge in [-0.25, -0.2) is 0 Å². The molecule has 1 fully saturated rings. The normalized spacial score (nSPS) is 15.7. The van der Waals surface area contributed by atoms with Gasteiger partial charge in [-0.3, -0.25) is 9.88 Å². The number of ether oxygens (including phenoxy) is 1. The van der Waals surface area contributed by atoms with Crippen molar-refractivity contribution < 1.29 is 4.74 Å². The Kier molecular flexibility index (Phi) is 6.58. The molecule has 1 aliphatic rings. The third kappa shape index (κ3) is 4.71. The van der Waals surface area contributed by atoms with Crippen molar-refractivity contribution in [3.05, 3.63) is 24.5 Å². The number of anilines is 1. The van der Waals surface area contributed by atoms with E-state index in [1.165, 1.54) is 0 Å². The van der Waals surface area contributed by atoms with E-state index in [1.807, 2.05) is 38.4 Å². The predicted molar refractivity (Wildman–Crippen MR) is 71.3 cm³/mol. The summed E-state index contributed by atoms with van der Waals surface area (Å²) in [7, 11) is 1.74. The van der Waals surface area contributed by atoms with Crippen molar-refractivity contribution >= 4 is 5.69 Å². The molecule has 1 aromatic rings. The molecule has 0 aromatic carbocycles. The van der Waals surface area contributed by atoms with Crippen LogP contribution in [0.3, 0.4) is 0 Å². The minimum Gasteiger partial charge on any atom is -0.383 e. The summed E-state index contributed by atoms with van der Waals surface area (Å²) in [6, 6.07) is 4.57. The Morgan fingerprint density at radius 3 is 2.59 bits per heavy atom. The quantitative estimate of drug-likeness (QED) is 0.848. The first kappa shape index (κ1) is 13.9. The van der Waals surface area contributed by atoms with Gasteiger partial charge in [-0.15, -0.1) is 0 Å². The molecule has 0 saturated carbocycles. The zero-order valence-electron chi connectivity index (χ0n) is 11.0. The van der Waals surface area contributed by atoms with Gasteiger partial charge in [-0.2, -0.15) is 0 Å². The second-order valence-electron chi connectivity index (χ2n) is 3.83. The van der Waals surface area contributed by atoms with Crippen LogP contribution in [-0.4, -0.2) is 49.3 Å². The largest absolute Gasteiger partial charge is 0.383 e. The van der Waals surface area contributed by atoms with E-state index in [4.69, 9.17) is 4.74 Å². The molecule has 0 atom stereocenters. The average Bonchev–Trinajstić information content (AvgIpc) is 2.36. The second-order valence-corrected chi connectivity index (χ2v) is 3.83. The summed E-state index contributed by atoms with van der Waals surface area (Å²) in [6.45, 7) is 8.06. The number of aromatic nitrogens is 1. The molecule has 0 spiro atoms. The summed E-state index contributed by atoms with van der Waals surface area (Å²) in [4.78, 5) is 6.36. The van der Waals surface area contributed by atoms with Gasteiger partial charge >= 0.3 is 0 Å². The van der Waals surface area contributed by atoms with E-state index in [-0.39, 0.29) is 0 Å². The van der Waals surface area contributed by atoms with E-state index in [9.17, 15) is 0 Å². The van der Waals surface area contributed by atoms with Crippen molar-refractivity contribution in [2.75, 3.05) is 38.7 Å². The maximum absolute atomic E-state index is 5.03. The minimum atomic E-state index is 0.573. The van der Waals surface area contributed by atoms with Crippen LogP contribution in [0.5, 0.6) is 0 Å². The van der Waals surface area contributed by atoms with Crippen molar-refractivity contribution in [3.8, 4) is 0 Å². The molecular weight excluding hydrogens is 214 g/mol. The van der Waals surface area contributed by atoms with Gasteiger partial charge in [0.25, 0.3) is 0 Å². The zero-order chi connectivity index (χ0) is 12.5. The highest BCUT2D eigenvalue weighted by molar-refractivity contribution is 5.42. The lowest BCUT2D eigenvalue weighted by Gasteiger charge is -2.39. The smallest absolute Gasteiger partial charge is 0.0589 e. The Balaban J connectivity index is 0.000000686. The molecule has 0 aliphatic carbocycles. The van der Waals surface area contributed by atoms with Crippen LogP contribution in [-0.2, 0) is 4.74 Å². The highest BCUT2D eigenvalue weighted by atomic mass is 16.5. The van der Waals surface area contributed by atoms with Crippen LogP contribution in [0, 0.1) is 0 Å². The zero-order valence-corrected chi connectivity index (χ0v) is 11.0. The minimum absolute atomic E-state index is 0.573. The number of hydrogen-bond acceptors (Lipinski definition) is 4. The number of likely N-dealkylation sites (tertiary alicyclic amines) is 1. The average molecular weight is 237 g/mol. The molecule has 1 saturated heterocycles. The van der Waals surface area contributed by atoms with Crippen molar-refractivity contribution in [3.63, 3.8) is 0 Å². The second kappa shape index (κ2) is 8.03. The van der Waals surface area contributed by atoms with Crippen LogP contribution < -0.4 is 5.32 Å². The summed E-state index contributed by atoms with van der Waals surface area (Å²) in [5, 5.41) is 3.46. The molecular formula is C13H23N3O. The highest BCUT2D eigenvalue weighted by Crippen LogP contribution is 2.13. The number of nitrogens with one attached hydrogen (secondary N) is 1. The maximum Gasteiger partial charge on any atom is 0.0589 e. The van der Waals surface area contributed by atoms with Gasteiger partial charge in [0.2, 0.25) is 0 Å². The van der Waals surface area contributed by atoms with E-state index in [1.54, 1.807) is 7.11 Å². The molecule has 0 radical (unpaired) electrons. The fraction of sp³-hybridized carbons (Fsp3) is 0.615. The molecule has 0 unspecified atom stereocenters. The molecule has 1 N–H and O–H groups in total. The van der Waals surface area contributed by atoms with Crippen LogP contribution in [0.2, 0.25) is 0 Å². The topological polar surface area (TPSA) is 37.4 Å². The molecule has 4 nitrogen and oxygen atoms in total. The van der Waals surface area contributed by atoms with Gasteiger partial charge < -0.3 is 10.1 Å². The van der Waals surface area contributed by atoms with Crippen LogP contribution in [0.1, 0.15) is 13.8 Å². The third-order valence-corrected chi connectivity index (χ3v) is 2.62. The lowest BCUT2D eigenvalue weighted by atomic mass is 10.1. The van der Waals surface area contributed by atoms with Gasteiger partial charge in [-0.05, 0) is 12.1 Å². The Hall–Kier alpha value is -1.13. The fourth-order valence-corrected chi connectivity index (χ4v) is 1.75. The monoisotopic (exact) mass is 237 g/mol. The third-order valence-electron chi connectivity index (χ3n) is 2.62. The molecule has 1 aromatic heterocycles. The van der Waals surface area contributed by atoms with E-state index < -0.39 is 0 Å². The number of nitrogens with zero attached hydrogens (tertiary/aromatic N) is 2. The Morgan fingerprint density at radius 2 is 2.00 bits per heavy atom. The standard InChI is InChI=1S/C11H17N3O.C2H6/c1-15-7-6-14-8-11(9-14)13-10-2-4-12-5-3-10;1-2/h2-5,11H,6-9H2,1H3,(H,12,13);1-2H3. The van der Waals surface area contributed by atoms with Gasteiger partial charge in [-0.1, -0.05) is 13.8 Å². The van der Waals surface area contributed by atoms with Crippen LogP contribution in [0.4, 0.5) is 5.69 Å². The highest BCUT2D eigenvalue weighted by Gasteiger charge is 2.25. The number of pyridine rings is 1. The Morgan fingerprint density at radius 1 is 1.35 bits per heavy atom. The first-order chi connectivity index (χ1) is 8.38. The van der Waals surface area contributed by atoms with Crippen molar-refractivity contribution in [2.24, 2.45) is 0 Å². The van der Waals surface area contributed by atoms with E-state index >= 15 is 0 Å². The molecule has 0 bridgehead atoms. The van der Waals surface area contributed by atoms with Crippen LogP contribution in [0.25, 0.3) is 0 Å². The predicted octanol–water partition coefficient (Wildman–Crippen LogP) is 1.85. The SMILES string of the molecule is CC.COCCN1CC(Nc2ccncc2)C1. The lowest BCUT2D eigenvalue weighted by molar-refractivity contribution is 0.102. The fourth-order valence-electron chi connectivity index (χ4n) is 1.75. The summed E-state index contributed by atoms with van der Waals surface area (Å²) in [5.74, 6) is 0. The maximum atomic E-state index is 5.03. The first-order valence-electron chi connectivity index (χ1n) is 6.26. The molecule has 2 rings (SSSR count). The van der Waals surface area contributed by atoms with Gasteiger partial charge in [0.1, 0.15) is 0 Å². The molecule has 96 valence electrons. The molecule has 4 heteroatoms. The lowest BCUT2D eigenvalue weighted by Crippen LogP contribution is -2.55. The number of hydrogen-bond donors (Lipinski definition) is 1. The summed E-state index contributed by atoms with van der Waals surface area (Å²) >= 11 is 0.